The zero-order valence-corrected chi connectivity index (χ0v) is 14.9. The molecular weight excluding hydrogens is 348 g/mol. The molecule has 1 fully saturated rings. The smallest absolute Gasteiger partial charge is 0.328 e. The van der Waals surface area contributed by atoms with Crippen LogP contribution in [0.4, 0.5) is 4.79 Å². The number of carbonyl (C=O) groups is 2. The largest absolute Gasteiger partial charge is 0.508 e. The van der Waals surface area contributed by atoms with Crippen LogP contribution in [0.15, 0.2) is 48.5 Å². The fourth-order valence-corrected chi connectivity index (χ4v) is 5.46. The number of phenolic OH excluding ortho intramolecular Hbond substituents is 1. The van der Waals surface area contributed by atoms with E-state index in [2.05, 4.69) is 12.1 Å². The molecule has 5 nitrogen and oxygen atoms in total. The molecule has 3 amide bonds. The van der Waals surface area contributed by atoms with Gasteiger partial charge in [0.15, 0.2) is 0 Å². The topological polar surface area (TPSA) is 60.9 Å². The molecule has 1 aromatic heterocycles. The number of carbonyl (C=O) groups excluding carboxylic acids is 2. The number of thiophene rings is 1. The summed E-state index contributed by atoms with van der Waals surface area (Å²) in [6, 6.07) is 14.0. The Balaban J connectivity index is 1.79. The summed E-state index contributed by atoms with van der Waals surface area (Å²) in [7, 11) is 1.54. The number of imide groups is 1. The van der Waals surface area contributed by atoms with E-state index in [0.717, 1.165) is 26.1 Å². The Labute approximate surface area is 154 Å². The lowest BCUT2D eigenvalue weighted by Gasteiger charge is -2.36. The van der Waals surface area contributed by atoms with Crippen molar-refractivity contribution in [3.63, 3.8) is 0 Å². The van der Waals surface area contributed by atoms with Crippen LogP contribution in [0.2, 0.25) is 0 Å². The molecule has 1 unspecified atom stereocenters. The molecule has 2 aliphatic heterocycles. The summed E-state index contributed by atoms with van der Waals surface area (Å²) in [5.41, 5.74) is 1.95. The maximum atomic E-state index is 12.8. The molecule has 6 heteroatoms. The number of aromatic hydroxyl groups is 1. The van der Waals surface area contributed by atoms with Crippen molar-refractivity contribution < 1.29 is 14.7 Å². The molecule has 0 aliphatic carbocycles. The Kier molecular flexibility index (Phi) is 3.15. The first-order valence-electron chi connectivity index (χ1n) is 8.45. The average Bonchev–Trinajstić information content (AvgIpc) is 3.12. The third-order valence-electron chi connectivity index (χ3n) is 5.30. The molecule has 2 atom stereocenters. The second-order valence-corrected chi connectivity index (χ2v) is 7.83. The van der Waals surface area contributed by atoms with Crippen molar-refractivity contribution in [1.82, 2.24) is 9.80 Å². The highest BCUT2D eigenvalue weighted by Crippen LogP contribution is 2.48. The van der Waals surface area contributed by atoms with Crippen LogP contribution < -0.4 is 0 Å². The fourth-order valence-electron chi connectivity index (χ4n) is 4.10. The van der Waals surface area contributed by atoms with E-state index in [0.29, 0.717) is 6.42 Å². The molecule has 5 rings (SSSR count). The fraction of sp³-hybridized carbons (Fsp3) is 0.200. The minimum atomic E-state index is -0.495. The number of rotatable bonds is 1. The normalized spacial score (nSPS) is 22.0. The Bertz CT molecular complexity index is 1070. The number of amides is 3. The highest BCUT2D eigenvalue weighted by molar-refractivity contribution is 7.19. The van der Waals surface area contributed by atoms with E-state index in [1.807, 2.05) is 18.2 Å². The van der Waals surface area contributed by atoms with Gasteiger partial charge >= 0.3 is 6.03 Å². The van der Waals surface area contributed by atoms with Gasteiger partial charge in [-0.15, -0.1) is 11.3 Å². The zero-order valence-electron chi connectivity index (χ0n) is 14.0. The van der Waals surface area contributed by atoms with E-state index in [1.165, 1.54) is 11.9 Å². The van der Waals surface area contributed by atoms with Crippen molar-refractivity contribution in [3.8, 4) is 5.75 Å². The third-order valence-corrected chi connectivity index (χ3v) is 6.56. The van der Waals surface area contributed by atoms with Gasteiger partial charge in [-0.25, -0.2) is 4.79 Å². The number of hydrogen-bond acceptors (Lipinski definition) is 4. The average molecular weight is 364 g/mol. The van der Waals surface area contributed by atoms with Gasteiger partial charge in [0.1, 0.15) is 11.8 Å². The Hall–Kier alpha value is -2.86. The molecule has 2 aromatic carbocycles. The van der Waals surface area contributed by atoms with Crippen LogP contribution in [-0.4, -0.2) is 39.9 Å². The van der Waals surface area contributed by atoms with Gasteiger partial charge in [-0.1, -0.05) is 30.3 Å². The van der Waals surface area contributed by atoms with Gasteiger partial charge in [0.25, 0.3) is 5.91 Å². The molecule has 26 heavy (non-hydrogen) atoms. The van der Waals surface area contributed by atoms with Crippen LogP contribution in [0.25, 0.3) is 10.1 Å². The van der Waals surface area contributed by atoms with Crippen LogP contribution in [-0.2, 0) is 11.2 Å². The number of benzene rings is 2. The first-order chi connectivity index (χ1) is 12.6. The molecule has 0 spiro atoms. The third kappa shape index (κ3) is 1.96. The van der Waals surface area contributed by atoms with E-state index < -0.39 is 6.04 Å². The second-order valence-electron chi connectivity index (χ2n) is 6.75. The molecule has 0 saturated carbocycles. The Morgan fingerprint density at radius 2 is 1.92 bits per heavy atom. The van der Waals surface area contributed by atoms with Crippen molar-refractivity contribution in [1.29, 1.82) is 0 Å². The van der Waals surface area contributed by atoms with Gasteiger partial charge in [-0.05, 0) is 34.7 Å². The number of nitrogens with zero attached hydrogens (tertiary/aromatic N) is 2. The standard InChI is InChI=1S/C20H16N2O3S/c1-21-19(24)15-10-14-13-7-2-3-8-16(13)26-18(14)17(22(15)20(21)25)11-5-4-6-12(23)9-11/h2-9,15,17,23H,10H2,1H3/t15?,17-/m1/s1. The predicted molar refractivity (Wildman–Crippen MR) is 99.3 cm³/mol. The van der Waals surface area contributed by atoms with Gasteiger partial charge in [0, 0.05) is 23.0 Å². The summed E-state index contributed by atoms with van der Waals surface area (Å²) in [6.07, 6.45) is 0.531. The van der Waals surface area contributed by atoms with E-state index >= 15 is 0 Å². The van der Waals surface area contributed by atoms with Crippen molar-refractivity contribution in [2.24, 2.45) is 0 Å². The van der Waals surface area contributed by atoms with Crippen molar-refractivity contribution in [2.45, 2.75) is 18.5 Å². The number of likely N-dealkylation sites (N-methyl/N-ethyl adjacent to an activating group) is 1. The monoisotopic (exact) mass is 364 g/mol. The van der Waals surface area contributed by atoms with Crippen LogP contribution in [0.1, 0.15) is 22.0 Å². The first kappa shape index (κ1) is 15.4. The maximum absolute atomic E-state index is 12.8. The summed E-state index contributed by atoms with van der Waals surface area (Å²) >= 11 is 1.66. The summed E-state index contributed by atoms with van der Waals surface area (Å²) in [5, 5.41) is 11.1. The van der Waals surface area contributed by atoms with Crippen molar-refractivity contribution in [2.75, 3.05) is 7.05 Å². The van der Waals surface area contributed by atoms with Gasteiger partial charge in [-0.3, -0.25) is 14.6 Å². The van der Waals surface area contributed by atoms with Gasteiger partial charge in [0.2, 0.25) is 0 Å². The lowest BCUT2D eigenvalue weighted by atomic mass is 9.89. The molecular formula is C20H16N2O3S. The molecule has 2 aliphatic rings. The predicted octanol–water partition coefficient (Wildman–Crippen LogP) is 3.52. The first-order valence-corrected chi connectivity index (χ1v) is 9.27. The van der Waals surface area contributed by atoms with Gasteiger partial charge in [-0.2, -0.15) is 0 Å². The van der Waals surface area contributed by atoms with E-state index in [4.69, 9.17) is 0 Å². The summed E-state index contributed by atoms with van der Waals surface area (Å²) in [4.78, 5) is 29.5. The van der Waals surface area contributed by atoms with E-state index in [-0.39, 0.29) is 23.7 Å². The SMILES string of the molecule is CN1C(=O)C2Cc3c(sc4ccccc34)[C@@H](c3cccc(O)c3)N2C1=O. The summed E-state index contributed by atoms with van der Waals surface area (Å²) in [6.45, 7) is 0. The highest BCUT2D eigenvalue weighted by Gasteiger charge is 2.51. The number of phenols is 1. The summed E-state index contributed by atoms with van der Waals surface area (Å²) in [5.74, 6) is -0.0142. The second kappa shape index (κ2) is 5.32. The Morgan fingerprint density at radius 1 is 1.12 bits per heavy atom. The van der Waals surface area contributed by atoms with Crippen LogP contribution in [0.5, 0.6) is 5.75 Å². The Morgan fingerprint density at radius 3 is 2.73 bits per heavy atom. The van der Waals surface area contributed by atoms with E-state index in [1.54, 1.807) is 34.4 Å². The summed E-state index contributed by atoms with van der Waals surface area (Å²) < 4.78 is 1.15. The van der Waals surface area contributed by atoms with E-state index in [9.17, 15) is 14.7 Å². The molecule has 130 valence electrons. The van der Waals surface area contributed by atoms with Gasteiger partial charge < -0.3 is 5.11 Å². The quantitative estimate of drug-likeness (QED) is 0.672. The number of fused-ring (bicyclic) bond motifs is 4. The van der Waals surface area contributed by atoms with Crippen LogP contribution >= 0.6 is 11.3 Å². The van der Waals surface area contributed by atoms with Crippen molar-refractivity contribution in [3.05, 3.63) is 64.5 Å². The number of hydrogen-bond donors (Lipinski definition) is 1. The van der Waals surface area contributed by atoms with Crippen LogP contribution in [0.3, 0.4) is 0 Å². The van der Waals surface area contributed by atoms with Crippen molar-refractivity contribution >= 4 is 33.4 Å². The molecule has 1 saturated heterocycles. The lowest BCUT2D eigenvalue weighted by Crippen LogP contribution is -2.43. The van der Waals surface area contributed by atoms with Crippen LogP contribution in [0, 0.1) is 0 Å². The molecule has 0 radical (unpaired) electrons. The minimum absolute atomic E-state index is 0.151. The number of urea groups is 1. The maximum Gasteiger partial charge on any atom is 0.328 e. The molecule has 1 N–H and O–H groups in total. The minimum Gasteiger partial charge on any atom is -0.508 e. The zero-order chi connectivity index (χ0) is 18.0. The molecule has 0 bridgehead atoms. The van der Waals surface area contributed by atoms with Gasteiger partial charge in [0.05, 0.1) is 6.04 Å². The molecule has 3 aromatic rings. The lowest BCUT2D eigenvalue weighted by molar-refractivity contribution is -0.127. The molecule has 3 heterocycles. The highest BCUT2D eigenvalue weighted by atomic mass is 32.1.